The van der Waals surface area contributed by atoms with Crippen molar-refractivity contribution >= 4 is 15.9 Å². The molecule has 0 heterocycles. The molecule has 0 aromatic heterocycles. The highest BCUT2D eigenvalue weighted by molar-refractivity contribution is 9.11. The zero-order chi connectivity index (χ0) is 4.12. The Balaban J connectivity index is 2.92. The maximum Gasteiger partial charge on any atom is -0.0189 e. The van der Waals surface area contributed by atoms with Crippen LogP contribution in [-0.4, -0.2) is 0 Å². The Bertz CT molecular complexity index is 45.6. The Kier molecular flexibility index (Phi) is 3.93. The lowest BCUT2D eigenvalue weighted by Gasteiger charge is -1.54. The summed E-state index contributed by atoms with van der Waals surface area (Å²) in [6, 6.07) is 0. The molecule has 0 aliphatic carbocycles. The maximum absolute atomic E-state index is 3.43. The summed E-state index contributed by atoms with van der Waals surface area (Å²) in [5.41, 5.74) is 0. The highest BCUT2D eigenvalue weighted by atomic mass is 79.9. The first-order valence-electron chi connectivity index (χ1n) is 1.29. The number of allylic oxidation sites excluding steroid dienone is 2. The lowest BCUT2D eigenvalue weighted by atomic mass is 10.6. The molecule has 0 rings (SSSR count). The van der Waals surface area contributed by atoms with Crippen LogP contribution in [0.1, 0.15) is 0 Å². The van der Waals surface area contributed by atoms with Crippen LogP contribution < -0.4 is 0 Å². The Morgan fingerprint density at radius 1 is 1.60 bits per heavy atom. The van der Waals surface area contributed by atoms with Crippen molar-refractivity contribution in [2.45, 2.75) is 0 Å². The molecule has 0 unspecified atom stereocenters. The molecule has 0 aliphatic heterocycles. The van der Waals surface area contributed by atoms with Gasteiger partial charge in [-0.2, -0.15) is 0 Å². The van der Waals surface area contributed by atoms with Crippen LogP contribution in [0.2, 0.25) is 0 Å². The van der Waals surface area contributed by atoms with Gasteiger partial charge >= 0.3 is 0 Å². The summed E-state index contributed by atoms with van der Waals surface area (Å²) in [5, 5.41) is 0. The molecule has 0 saturated heterocycles. The van der Waals surface area contributed by atoms with E-state index in [9.17, 15) is 0 Å². The highest BCUT2D eigenvalue weighted by Crippen LogP contribution is 1.79. The van der Waals surface area contributed by atoms with Crippen molar-refractivity contribution in [1.29, 1.82) is 0 Å². The second-order valence-corrected chi connectivity index (χ2v) is 1.08. The zero-order valence-corrected chi connectivity index (χ0v) is 4.40. The first-order valence-corrected chi connectivity index (χ1v) is 2.21. The van der Waals surface area contributed by atoms with Crippen LogP contribution in [0.4, 0.5) is 0 Å². The van der Waals surface area contributed by atoms with Gasteiger partial charge in [-0.25, -0.2) is 0 Å². The fourth-order valence-electron chi connectivity index (χ4n) is 0.0514. The molecule has 5 heavy (non-hydrogen) atoms. The van der Waals surface area contributed by atoms with E-state index in [1.807, 2.05) is 0 Å². The molecule has 0 aliphatic rings. The molecule has 0 atom stereocenters. The normalized spacial score (nSPS) is 9.00. The topological polar surface area (TPSA) is 0 Å². The molecule has 0 spiro atoms. The Morgan fingerprint density at radius 3 is 2.20 bits per heavy atom. The molecule has 0 nitrogen and oxygen atoms in total. The van der Waals surface area contributed by atoms with Crippen molar-refractivity contribution in [2.24, 2.45) is 0 Å². The van der Waals surface area contributed by atoms with Crippen LogP contribution in [0.25, 0.3) is 0 Å². The van der Waals surface area contributed by atoms with Crippen molar-refractivity contribution in [1.82, 2.24) is 0 Å². The third kappa shape index (κ3) is 3.96. The number of hydrogen-bond acceptors (Lipinski definition) is 0. The predicted octanol–water partition coefficient (Wildman–Crippen LogP) is 2.08. The summed E-state index contributed by atoms with van der Waals surface area (Å²) in [5.74, 6) is 0. The minimum atomic E-state index is 1.70. The molecule has 0 saturated carbocycles. The predicted molar refractivity (Wildman–Crippen MR) is 28.3 cm³/mol. The van der Waals surface area contributed by atoms with E-state index < -0.39 is 0 Å². The molecule has 1 heteroatoms. The van der Waals surface area contributed by atoms with Gasteiger partial charge in [-0.1, -0.05) is 34.7 Å². The van der Waals surface area contributed by atoms with Gasteiger partial charge in [-0.15, -0.1) is 0 Å². The van der Waals surface area contributed by atoms with Gasteiger partial charge < -0.3 is 0 Å². The van der Waals surface area contributed by atoms with Gasteiger partial charge in [0, 0.05) is 0 Å². The second kappa shape index (κ2) is 3.96. The fraction of sp³-hybridized carbons (Fsp3) is 0. The van der Waals surface area contributed by atoms with Crippen LogP contribution in [0.5, 0.6) is 0 Å². The van der Waals surface area contributed by atoms with Gasteiger partial charge in [0.1, 0.15) is 0 Å². The van der Waals surface area contributed by atoms with E-state index in [0.29, 0.717) is 0 Å². The van der Waals surface area contributed by atoms with E-state index in [2.05, 4.69) is 22.5 Å². The van der Waals surface area contributed by atoms with Crippen molar-refractivity contribution in [3.63, 3.8) is 0 Å². The molecule has 0 fully saturated rings. The average Bonchev–Trinajstić information content (AvgIpc) is 1.41. The second-order valence-electron chi connectivity index (χ2n) is 0.554. The molecule has 0 aromatic rings. The molecular weight excluding hydrogens is 128 g/mol. The van der Waals surface area contributed by atoms with Gasteiger partial charge in [0.25, 0.3) is 0 Å². The Labute approximate surface area is 40.3 Å². The third-order valence-electron chi connectivity index (χ3n) is 0.209. The molecule has 0 N–H and O–H groups in total. The van der Waals surface area contributed by atoms with E-state index in [-0.39, 0.29) is 0 Å². The van der Waals surface area contributed by atoms with Crippen LogP contribution in [0, 0.1) is 0 Å². The Morgan fingerprint density at radius 2 is 2.20 bits per heavy atom. The minimum absolute atomic E-state index is 1.70. The van der Waals surface area contributed by atoms with Gasteiger partial charge in [-0.05, 0) is 4.99 Å². The van der Waals surface area contributed by atoms with Crippen LogP contribution in [0.3, 0.4) is 0 Å². The fourth-order valence-corrected chi connectivity index (χ4v) is 0.267. The largest absolute Gasteiger partial charge is 0.0990 e. The molecular formula is C4H5Br. The minimum Gasteiger partial charge on any atom is -0.0990 e. The number of rotatable bonds is 1. The SMILES string of the molecule is C=CC=CBr. The van der Waals surface area contributed by atoms with Gasteiger partial charge in [0.2, 0.25) is 0 Å². The van der Waals surface area contributed by atoms with Crippen LogP contribution >= 0.6 is 15.9 Å². The molecule has 0 amide bonds. The summed E-state index contributed by atoms with van der Waals surface area (Å²) in [4.78, 5) is 1.75. The lowest BCUT2D eigenvalue weighted by molar-refractivity contribution is 2.13. The standard InChI is InChI=1S/C4H5Br/c1-2-3-4-5/h2-4H,1H2. The summed E-state index contributed by atoms with van der Waals surface area (Å²) < 4.78 is 0. The molecule has 0 bridgehead atoms. The monoisotopic (exact) mass is 132 g/mol. The van der Waals surface area contributed by atoms with Gasteiger partial charge in [0.05, 0.1) is 0 Å². The summed E-state index contributed by atoms with van der Waals surface area (Å²) >= 11 is 3.06. The molecule has 0 radical (unpaired) electrons. The first-order chi connectivity index (χ1) is 2.41. The molecule has 28 valence electrons. The van der Waals surface area contributed by atoms with Crippen LogP contribution in [-0.2, 0) is 0 Å². The number of hydrogen-bond donors (Lipinski definition) is 0. The molecule has 0 aromatic carbocycles. The highest BCUT2D eigenvalue weighted by Gasteiger charge is 1.44. The van der Waals surface area contributed by atoms with E-state index in [1.54, 1.807) is 17.1 Å². The Hall–Kier alpha value is -0.0400. The van der Waals surface area contributed by atoms with E-state index >= 15 is 0 Å². The van der Waals surface area contributed by atoms with Crippen molar-refractivity contribution in [3.8, 4) is 0 Å². The smallest absolute Gasteiger partial charge is 0.0189 e. The van der Waals surface area contributed by atoms with E-state index in [4.69, 9.17) is 0 Å². The van der Waals surface area contributed by atoms with Crippen LogP contribution in [0.15, 0.2) is 23.7 Å². The van der Waals surface area contributed by atoms with Gasteiger partial charge in [-0.3, -0.25) is 0 Å². The lowest BCUT2D eigenvalue weighted by Crippen LogP contribution is -1.28. The number of halogens is 1. The van der Waals surface area contributed by atoms with Gasteiger partial charge in [0.15, 0.2) is 0 Å². The zero-order valence-electron chi connectivity index (χ0n) is 2.82. The quantitative estimate of drug-likeness (QED) is 0.480. The van der Waals surface area contributed by atoms with E-state index in [0.717, 1.165) is 0 Å². The first kappa shape index (κ1) is 4.96. The summed E-state index contributed by atoms with van der Waals surface area (Å²) in [6.07, 6.45) is 3.51. The summed E-state index contributed by atoms with van der Waals surface area (Å²) in [7, 11) is 0. The summed E-state index contributed by atoms with van der Waals surface area (Å²) in [6.45, 7) is 3.43. The van der Waals surface area contributed by atoms with E-state index in [1.165, 1.54) is 0 Å². The van der Waals surface area contributed by atoms with Crippen molar-refractivity contribution in [2.75, 3.05) is 0 Å². The van der Waals surface area contributed by atoms with Crippen molar-refractivity contribution < 1.29 is 0 Å². The maximum atomic E-state index is 3.43. The average molecular weight is 133 g/mol. The third-order valence-corrected chi connectivity index (χ3v) is 0.514. The van der Waals surface area contributed by atoms with Crippen molar-refractivity contribution in [3.05, 3.63) is 23.7 Å².